The Morgan fingerprint density at radius 1 is 1.22 bits per heavy atom. The Morgan fingerprint density at radius 3 is 2.56 bits per heavy atom. The fourth-order valence-electron chi connectivity index (χ4n) is 0.446. The van der Waals surface area contributed by atoms with E-state index in [2.05, 4.69) is 6.58 Å². The van der Waals surface area contributed by atoms with Crippen molar-refractivity contribution in [1.29, 1.82) is 0 Å². The van der Waals surface area contributed by atoms with Crippen LogP contribution in [0.1, 0.15) is 6.42 Å². The minimum atomic E-state index is 0.627. The van der Waals surface area contributed by atoms with Crippen LogP contribution in [-0.4, -0.2) is 6.54 Å². The number of hydrogen-bond acceptors (Lipinski definition) is 1. The maximum atomic E-state index is 5.21. The lowest BCUT2D eigenvalue weighted by molar-refractivity contribution is 1.23. The zero-order valence-electron chi connectivity index (χ0n) is 5.59. The van der Waals surface area contributed by atoms with E-state index in [4.69, 9.17) is 5.73 Å². The topological polar surface area (TPSA) is 26.0 Å². The van der Waals surface area contributed by atoms with Crippen LogP contribution in [0.4, 0.5) is 0 Å². The van der Waals surface area contributed by atoms with Crippen molar-refractivity contribution in [2.24, 2.45) is 5.73 Å². The molecule has 0 fully saturated rings. The average Bonchev–Trinajstić information content (AvgIpc) is 1.89. The van der Waals surface area contributed by atoms with Crippen LogP contribution in [0.5, 0.6) is 0 Å². The van der Waals surface area contributed by atoms with Crippen molar-refractivity contribution in [3.05, 3.63) is 37.0 Å². The first kappa shape index (κ1) is 8.18. The molecule has 0 rings (SSSR count). The summed E-state index contributed by atoms with van der Waals surface area (Å²) in [5.41, 5.74) is 5.21. The van der Waals surface area contributed by atoms with Gasteiger partial charge in [0, 0.05) is 6.54 Å². The highest BCUT2D eigenvalue weighted by Crippen LogP contribution is 1.84. The monoisotopic (exact) mass is 123 g/mol. The van der Waals surface area contributed by atoms with Gasteiger partial charge in [0.2, 0.25) is 0 Å². The molecule has 0 saturated carbocycles. The predicted octanol–water partition coefficient (Wildman–Crippen LogP) is 1.63. The minimum Gasteiger partial charge on any atom is -0.327 e. The number of allylic oxidation sites excluding steroid dienone is 4. The zero-order chi connectivity index (χ0) is 6.95. The highest BCUT2D eigenvalue weighted by molar-refractivity contribution is 5.01. The molecule has 0 aliphatic heterocycles. The lowest BCUT2D eigenvalue weighted by atomic mass is 10.3. The van der Waals surface area contributed by atoms with Crippen molar-refractivity contribution in [2.75, 3.05) is 6.54 Å². The molecule has 1 nitrogen and oxygen atoms in total. The van der Waals surface area contributed by atoms with E-state index in [0.717, 1.165) is 6.42 Å². The van der Waals surface area contributed by atoms with E-state index < -0.39 is 0 Å². The van der Waals surface area contributed by atoms with E-state index in [-0.39, 0.29) is 0 Å². The third kappa shape index (κ3) is 7.18. The molecule has 0 aliphatic carbocycles. The van der Waals surface area contributed by atoms with Gasteiger partial charge in [-0.1, -0.05) is 37.0 Å². The van der Waals surface area contributed by atoms with Gasteiger partial charge >= 0.3 is 0 Å². The van der Waals surface area contributed by atoms with Crippen LogP contribution in [0.15, 0.2) is 37.0 Å². The standard InChI is InChI=1S/C8H13N/c1-2-3-4-5-6-7-8-9/h2-4,6-7H,1,5,8-9H2. The Hall–Kier alpha value is -0.820. The smallest absolute Gasteiger partial charge is 0.0106 e. The molecule has 50 valence electrons. The maximum Gasteiger partial charge on any atom is 0.0106 e. The van der Waals surface area contributed by atoms with Crippen molar-refractivity contribution < 1.29 is 0 Å². The maximum absolute atomic E-state index is 5.21. The van der Waals surface area contributed by atoms with Gasteiger partial charge in [-0.3, -0.25) is 0 Å². The highest BCUT2D eigenvalue weighted by Gasteiger charge is 1.66. The molecule has 2 N–H and O–H groups in total. The van der Waals surface area contributed by atoms with Crippen molar-refractivity contribution >= 4 is 0 Å². The molecule has 1 heteroatoms. The van der Waals surface area contributed by atoms with Gasteiger partial charge in [0.05, 0.1) is 0 Å². The molecule has 9 heavy (non-hydrogen) atoms. The van der Waals surface area contributed by atoms with Crippen LogP contribution in [0.25, 0.3) is 0 Å². The summed E-state index contributed by atoms with van der Waals surface area (Å²) in [5, 5.41) is 0. The Balaban J connectivity index is 3.17. The second kappa shape index (κ2) is 7.18. The summed E-state index contributed by atoms with van der Waals surface area (Å²) in [4.78, 5) is 0. The van der Waals surface area contributed by atoms with E-state index in [1.807, 2.05) is 24.3 Å². The minimum absolute atomic E-state index is 0.627. The molecule has 0 aromatic heterocycles. The predicted molar refractivity (Wildman–Crippen MR) is 42.1 cm³/mol. The molecule has 0 spiro atoms. The molecule has 0 aromatic carbocycles. The fourth-order valence-corrected chi connectivity index (χ4v) is 0.446. The molecule has 0 aromatic rings. The summed E-state index contributed by atoms with van der Waals surface area (Å²) < 4.78 is 0. The zero-order valence-corrected chi connectivity index (χ0v) is 5.59. The first-order valence-corrected chi connectivity index (χ1v) is 3.04. The molecule has 0 bridgehead atoms. The van der Waals surface area contributed by atoms with Crippen LogP contribution >= 0.6 is 0 Å². The Labute approximate surface area is 56.6 Å². The van der Waals surface area contributed by atoms with E-state index in [1.54, 1.807) is 6.08 Å². The quantitative estimate of drug-likeness (QED) is 0.446. The van der Waals surface area contributed by atoms with E-state index >= 15 is 0 Å². The molecule has 0 saturated heterocycles. The summed E-state index contributed by atoms with van der Waals surface area (Å²) in [6, 6.07) is 0. The third-order valence-corrected chi connectivity index (χ3v) is 0.847. The molecule has 0 amide bonds. The Kier molecular flexibility index (Phi) is 6.53. The molecular formula is C8H13N. The Morgan fingerprint density at radius 2 is 2.00 bits per heavy atom. The first-order chi connectivity index (χ1) is 4.41. The molecule has 0 unspecified atom stereocenters. The first-order valence-electron chi connectivity index (χ1n) is 3.04. The summed E-state index contributed by atoms with van der Waals surface area (Å²) in [6.07, 6.45) is 10.6. The van der Waals surface area contributed by atoms with Crippen molar-refractivity contribution in [1.82, 2.24) is 0 Å². The van der Waals surface area contributed by atoms with Gasteiger partial charge in [-0.2, -0.15) is 0 Å². The van der Waals surface area contributed by atoms with Crippen LogP contribution in [0.3, 0.4) is 0 Å². The second-order valence-corrected chi connectivity index (χ2v) is 1.61. The van der Waals surface area contributed by atoms with E-state index in [9.17, 15) is 0 Å². The summed E-state index contributed by atoms with van der Waals surface area (Å²) in [6.45, 7) is 4.17. The van der Waals surface area contributed by atoms with Gasteiger partial charge in [-0.25, -0.2) is 0 Å². The SMILES string of the molecule is C=CC=CCC=CCN. The normalized spacial score (nSPS) is 11.2. The summed E-state index contributed by atoms with van der Waals surface area (Å²) in [5.74, 6) is 0. The van der Waals surface area contributed by atoms with Crippen LogP contribution in [0.2, 0.25) is 0 Å². The molecule has 0 atom stereocenters. The van der Waals surface area contributed by atoms with E-state index in [1.165, 1.54) is 0 Å². The number of nitrogens with two attached hydrogens (primary N) is 1. The third-order valence-electron chi connectivity index (χ3n) is 0.847. The molecule has 0 radical (unpaired) electrons. The highest BCUT2D eigenvalue weighted by atomic mass is 14.5. The molecule has 0 aliphatic rings. The lowest BCUT2D eigenvalue weighted by Crippen LogP contribution is -1.91. The average molecular weight is 123 g/mol. The number of rotatable bonds is 4. The van der Waals surface area contributed by atoms with Gasteiger partial charge in [0.25, 0.3) is 0 Å². The molecule has 0 heterocycles. The second-order valence-electron chi connectivity index (χ2n) is 1.61. The van der Waals surface area contributed by atoms with Crippen LogP contribution in [0, 0.1) is 0 Å². The van der Waals surface area contributed by atoms with Crippen LogP contribution < -0.4 is 5.73 Å². The summed E-state index contributed by atoms with van der Waals surface area (Å²) in [7, 11) is 0. The lowest BCUT2D eigenvalue weighted by Gasteiger charge is -1.78. The summed E-state index contributed by atoms with van der Waals surface area (Å²) >= 11 is 0. The van der Waals surface area contributed by atoms with Crippen molar-refractivity contribution in [2.45, 2.75) is 6.42 Å². The van der Waals surface area contributed by atoms with Crippen molar-refractivity contribution in [3.8, 4) is 0 Å². The Bertz CT molecular complexity index is 112. The van der Waals surface area contributed by atoms with E-state index in [0.29, 0.717) is 6.54 Å². The van der Waals surface area contributed by atoms with Gasteiger partial charge in [-0.15, -0.1) is 0 Å². The van der Waals surface area contributed by atoms with Crippen molar-refractivity contribution in [3.63, 3.8) is 0 Å². The number of hydrogen-bond donors (Lipinski definition) is 1. The fraction of sp³-hybridized carbons (Fsp3) is 0.250. The van der Waals surface area contributed by atoms with Crippen LogP contribution in [-0.2, 0) is 0 Å². The largest absolute Gasteiger partial charge is 0.327 e. The van der Waals surface area contributed by atoms with Gasteiger partial charge < -0.3 is 5.73 Å². The van der Waals surface area contributed by atoms with Gasteiger partial charge in [0.15, 0.2) is 0 Å². The van der Waals surface area contributed by atoms with Gasteiger partial charge in [0.1, 0.15) is 0 Å². The molecular weight excluding hydrogens is 110 g/mol. The van der Waals surface area contributed by atoms with Gasteiger partial charge in [-0.05, 0) is 6.42 Å².